The van der Waals surface area contributed by atoms with E-state index in [1.807, 2.05) is 18.5 Å². The summed E-state index contributed by atoms with van der Waals surface area (Å²) in [7, 11) is 0. The highest BCUT2D eigenvalue weighted by Gasteiger charge is 2.21. The number of aromatic nitrogens is 2. The van der Waals surface area contributed by atoms with E-state index in [9.17, 15) is 0 Å². The topological polar surface area (TPSA) is 55.0 Å². The van der Waals surface area contributed by atoms with E-state index >= 15 is 0 Å². The molecule has 0 amide bonds. The van der Waals surface area contributed by atoms with Gasteiger partial charge in [0, 0.05) is 18.3 Å². The van der Waals surface area contributed by atoms with Crippen LogP contribution in [-0.4, -0.2) is 41.0 Å². The van der Waals surface area contributed by atoms with Crippen LogP contribution in [0.5, 0.6) is 0 Å². The zero-order chi connectivity index (χ0) is 11.2. The minimum Gasteiger partial charge on any atom is -0.330 e. The Morgan fingerprint density at radius 3 is 2.56 bits per heavy atom. The lowest BCUT2D eigenvalue weighted by molar-refractivity contribution is 0.208. The average molecular weight is 220 g/mol. The van der Waals surface area contributed by atoms with E-state index < -0.39 is 0 Å². The van der Waals surface area contributed by atoms with Gasteiger partial charge in [-0.05, 0) is 51.5 Å². The Kier molecular flexibility index (Phi) is 4.25. The van der Waals surface area contributed by atoms with Crippen LogP contribution >= 0.6 is 0 Å². The molecule has 1 saturated heterocycles. The van der Waals surface area contributed by atoms with Crippen LogP contribution in [0.3, 0.4) is 0 Å². The molecule has 4 nitrogen and oxygen atoms in total. The zero-order valence-electron chi connectivity index (χ0n) is 9.68. The van der Waals surface area contributed by atoms with E-state index in [1.165, 1.54) is 12.8 Å². The van der Waals surface area contributed by atoms with Crippen LogP contribution in [-0.2, 0) is 0 Å². The fourth-order valence-corrected chi connectivity index (χ4v) is 2.25. The SMILES string of the molecule is NCCCN1CCC(c2ncccn2)CC1. The summed E-state index contributed by atoms with van der Waals surface area (Å²) in [5.41, 5.74) is 5.52. The highest BCUT2D eigenvalue weighted by molar-refractivity contribution is 4.99. The summed E-state index contributed by atoms with van der Waals surface area (Å²) >= 11 is 0. The van der Waals surface area contributed by atoms with Crippen molar-refractivity contribution in [2.75, 3.05) is 26.2 Å². The van der Waals surface area contributed by atoms with Crippen LogP contribution in [0.25, 0.3) is 0 Å². The predicted molar refractivity (Wildman–Crippen MR) is 64.1 cm³/mol. The maximum atomic E-state index is 5.52. The number of nitrogens with zero attached hydrogens (tertiary/aromatic N) is 3. The summed E-state index contributed by atoms with van der Waals surface area (Å²) in [6, 6.07) is 1.87. The van der Waals surface area contributed by atoms with Crippen molar-refractivity contribution < 1.29 is 0 Å². The zero-order valence-corrected chi connectivity index (χ0v) is 9.68. The van der Waals surface area contributed by atoms with E-state index in [2.05, 4.69) is 14.9 Å². The molecule has 1 aliphatic heterocycles. The van der Waals surface area contributed by atoms with Gasteiger partial charge in [-0.1, -0.05) is 0 Å². The van der Waals surface area contributed by atoms with Gasteiger partial charge in [0.15, 0.2) is 0 Å². The van der Waals surface area contributed by atoms with Crippen LogP contribution in [0.4, 0.5) is 0 Å². The molecular formula is C12H20N4. The van der Waals surface area contributed by atoms with E-state index in [4.69, 9.17) is 5.73 Å². The fourth-order valence-electron chi connectivity index (χ4n) is 2.25. The molecule has 1 aromatic heterocycles. The van der Waals surface area contributed by atoms with Crippen LogP contribution in [0.15, 0.2) is 18.5 Å². The van der Waals surface area contributed by atoms with Crippen molar-refractivity contribution in [3.05, 3.63) is 24.3 Å². The standard InChI is InChI=1S/C12H20N4/c13-5-1-8-16-9-3-11(4-10-16)12-14-6-2-7-15-12/h2,6-7,11H,1,3-5,8-10,13H2. The molecule has 16 heavy (non-hydrogen) atoms. The van der Waals surface area contributed by atoms with Gasteiger partial charge >= 0.3 is 0 Å². The third-order valence-corrected chi connectivity index (χ3v) is 3.22. The summed E-state index contributed by atoms with van der Waals surface area (Å²) < 4.78 is 0. The maximum Gasteiger partial charge on any atom is 0.131 e. The lowest BCUT2D eigenvalue weighted by Crippen LogP contribution is -2.34. The third kappa shape index (κ3) is 3.00. The molecule has 2 heterocycles. The number of hydrogen-bond acceptors (Lipinski definition) is 4. The second-order valence-electron chi connectivity index (χ2n) is 4.37. The van der Waals surface area contributed by atoms with Crippen molar-refractivity contribution in [2.45, 2.75) is 25.2 Å². The van der Waals surface area contributed by atoms with Crippen LogP contribution in [0.2, 0.25) is 0 Å². The quantitative estimate of drug-likeness (QED) is 0.822. The number of rotatable bonds is 4. The Morgan fingerprint density at radius 1 is 1.25 bits per heavy atom. The largest absolute Gasteiger partial charge is 0.330 e. The van der Waals surface area contributed by atoms with Crippen molar-refractivity contribution in [1.29, 1.82) is 0 Å². The van der Waals surface area contributed by atoms with Crippen molar-refractivity contribution in [3.63, 3.8) is 0 Å². The molecule has 0 aliphatic carbocycles. The van der Waals surface area contributed by atoms with Crippen LogP contribution in [0, 0.1) is 0 Å². The first-order valence-corrected chi connectivity index (χ1v) is 6.09. The Morgan fingerprint density at radius 2 is 1.94 bits per heavy atom. The van der Waals surface area contributed by atoms with Gasteiger partial charge in [-0.25, -0.2) is 9.97 Å². The molecule has 0 radical (unpaired) electrons. The van der Waals surface area contributed by atoms with Gasteiger partial charge in [0.25, 0.3) is 0 Å². The molecule has 0 aromatic carbocycles. The smallest absolute Gasteiger partial charge is 0.131 e. The van der Waals surface area contributed by atoms with Gasteiger partial charge in [-0.15, -0.1) is 0 Å². The third-order valence-electron chi connectivity index (χ3n) is 3.22. The minimum absolute atomic E-state index is 0.551. The summed E-state index contributed by atoms with van der Waals surface area (Å²) in [4.78, 5) is 11.2. The van der Waals surface area contributed by atoms with Crippen LogP contribution in [0.1, 0.15) is 31.0 Å². The van der Waals surface area contributed by atoms with E-state index in [0.29, 0.717) is 5.92 Å². The van der Waals surface area contributed by atoms with Crippen molar-refractivity contribution in [1.82, 2.24) is 14.9 Å². The van der Waals surface area contributed by atoms with E-state index in [-0.39, 0.29) is 0 Å². The normalized spacial score (nSPS) is 18.8. The maximum absolute atomic E-state index is 5.52. The monoisotopic (exact) mass is 220 g/mol. The van der Waals surface area contributed by atoms with Crippen molar-refractivity contribution in [2.24, 2.45) is 5.73 Å². The Hall–Kier alpha value is -1.00. The Bertz CT molecular complexity index is 293. The van der Waals surface area contributed by atoms with Crippen molar-refractivity contribution in [3.8, 4) is 0 Å². The van der Waals surface area contributed by atoms with Gasteiger partial charge < -0.3 is 10.6 Å². The lowest BCUT2D eigenvalue weighted by Gasteiger charge is -2.30. The van der Waals surface area contributed by atoms with Crippen LogP contribution < -0.4 is 5.73 Å². The molecule has 0 unspecified atom stereocenters. The first-order valence-electron chi connectivity index (χ1n) is 6.09. The molecule has 4 heteroatoms. The summed E-state index contributed by atoms with van der Waals surface area (Å²) in [5, 5.41) is 0. The van der Waals surface area contributed by atoms with Gasteiger partial charge in [0.1, 0.15) is 5.82 Å². The summed E-state index contributed by atoms with van der Waals surface area (Å²) in [5.74, 6) is 1.57. The summed E-state index contributed by atoms with van der Waals surface area (Å²) in [6.45, 7) is 4.24. The Labute approximate surface area is 96.9 Å². The highest BCUT2D eigenvalue weighted by Crippen LogP contribution is 2.24. The molecular weight excluding hydrogens is 200 g/mol. The molecule has 0 spiro atoms. The van der Waals surface area contributed by atoms with Crippen molar-refractivity contribution >= 4 is 0 Å². The first kappa shape index (κ1) is 11.5. The molecule has 0 atom stereocenters. The molecule has 1 aliphatic rings. The second kappa shape index (κ2) is 5.92. The average Bonchev–Trinajstić information content (AvgIpc) is 2.38. The predicted octanol–water partition coefficient (Wildman–Crippen LogP) is 1.00. The molecule has 2 N–H and O–H groups in total. The fraction of sp³-hybridized carbons (Fsp3) is 0.667. The van der Waals surface area contributed by atoms with E-state index in [0.717, 1.165) is 38.4 Å². The van der Waals surface area contributed by atoms with Gasteiger partial charge in [-0.3, -0.25) is 0 Å². The van der Waals surface area contributed by atoms with Gasteiger partial charge in [0.05, 0.1) is 0 Å². The molecule has 1 fully saturated rings. The molecule has 1 aromatic rings. The highest BCUT2D eigenvalue weighted by atomic mass is 15.1. The second-order valence-corrected chi connectivity index (χ2v) is 4.37. The molecule has 0 bridgehead atoms. The van der Waals surface area contributed by atoms with E-state index in [1.54, 1.807) is 0 Å². The number of hydrogen-bond donors (Lipinski definition) is 1. The number of nitrogens with two attached hydrogens (primary N) is 1. The summed E-state index contributed by atoms with van der Waals surface area (Å²) in [6.07, 6.45) is 7.13. The van der Waals surface area contributed by atoms with Gasteiger partial charge in [0.2, 0.25) is 0 Å². The molecule has 2 rings (SSSR count). The number of piperidine rings is 1. The first-order chi connectivity index (χ1) is 7.90. The Balaban J connectivity index is 1.81. The minimum atomic E-state index is 0.551. The lowest BCUT2D eigenvalue weighted by atomic mass is 9.96. The number of likely N-dealkylation sites (tertiary alicyclic amines) is 1. The van der Waals surface area contributed by atoms with Gasteiger partial charge in [-0.2, -0.15) is 0 Å². The molecule has 0 saturated carbocycles. The molecule has 88 valence electrons.